The van der Waals surface area contributed by atoms with Crippen molar-refractivity contribution in [2.75, 3.05) is 17.7 Å². The Morgan fingerprint density at radius 3 is 2.71 bits per heavy atom. The van der Waals surface area contributed by atoms with Crippen molar-refractivity contribution in [2.45, 2.75) is 13.0 Å². The number of aromatic nitrogens is 4. The van der Waals surface area contributed by atoms with Gasteiger partial charge in [0.1, 0.15) is 11.8 Å². The number of nitrogens with one attached hydrogen (secondary N) is 2. The lowest BCUT2D eigenvalue weighted by molar-refractivity contribution is -0.113. The predicted octanol–water partition coefficient (Wildman–Crippen LogP) is 3.37. The van der Waals surface area contributed by atoms with Crippen molar-refractivity contribution >= 4 is 33.5 Å². The Hall–Kier alpha value is -3.20. The molecule has 3 aromatic rings. The van der Waals surface area contributed by atoms with Crippen LogP contribution >= 0.6 is 15.9 Å². The quantitative estimate of drug-likeness (QED) is 0.645. The zero-order valence-electron chi connectivity index (χ0n) is 15.2. The van der Waals surface area contributed by atoms with Gasteiger partial charge in [-0.3, -0.25) is 4.79 Å². The number of benzene rings is 2. The van der Waals surface area contributed by atoms with E-state index in [1.165, 1.54) is 0 Å². The highest BCUT2D eigenvalue weighted by atomic mass is 79.9. The second kappa shape index (κ2) is 7.43. The van der Waals surface area contributed by atoms with E-state index in [9.17, 15) is 4.79 Å². The number of tetrazole rings is 1. The Morgan fingerprint density at radius 1 is 1.21 bits per heavy atom. The minimum Gasteiger partial charge on any atom is -0.495 e. The van der Waals surface area contributed by atoms with Crippen LogP contribution in [0.4, 0.5) is 11.6 Å². The molecule has 0 saturated heterocycles. The molecule has 0 aliphatic carbocycles. The van der Waals surface area contributed by atoms with E-state index in [0.717, 1.165) is 10.0 Å². The molecule has 2 heterocycles. The SMILES string of the molecule is COc1ccccc1NC(=O)C1=C(C)Nc2nnnn2[C@@H]1c1ccc(Br)cc1. The second-order valence-electron chi connectivity index (χ2n) is 6.22. The van der Waals surface area contributed by atoms with Crippen LogP contribution in [0.25, 0.3) is 0 Å². The average Bonchev–Trinajstić information content (AvgIpc) is 3.16. The molecule has 2 N–H and O–H groups in total. The molecule has 8 nitrogen and oxygen atoms in total. The molecule has 1 atom stereocenters. The van der Waals surface area contributed by atoms with Crippen LogP contribution in [0.5, 0.6) is 5.75 Å². The molecule has 0 radical (unpaired) electrons. The molecule has 1 aromatic heterocycles. The van der Waals surface area contributed by atoms with E-state index in [1.807, 2.05) is 43.3 Å². The summed E-state index contributed by atoms with van der Waals surface area (Å²) < 4.78 is 7.89. The van der Waals surface area contributed by atoms with Crippen LogP contribution in [0, 0.1) is 0 Å². The number of para-hydroxylation sites is 2. The van der Waals surface area contributed by atoms with E-state index in [4.69, 9.17) is 4.74 Å². The Labute approximate surface area is 169 Å². The number of hydrogen-bond acceptors (Lipinski definition) is 6. The van der Waals surface area contributed by atoms with Crippen LogP contribution < -0.4 is 15.4 Å². The molecule has 0 fully saturated rings. The van der Waals surface area contributed by atoms with Crippen molar-refractivity contribution in [3.8, 4) is 5.75 Å². The first-order chi connectivity index (χ1) is 13.6. The summed E-state index contributed by atoms with van der Waals surface area (Å²) in [5, 5.41) is 17.9. The molecule has 1 amide bonds. The number of methoxy groups -OCH3 is 1. The van der Waals surface area contributed by atoms with Gasteiger partial charge < -0.3 is 15.4 Å². The summed E-state index contributed by atoms with van der Waals surface area (Å²) in [5.74, 6) is 0.809. The van der Waals surface area contributed by atoms with Crippen molar-refractivity contribution in [1.82, 2.24) is 20.2 Å². The maximum absolute atomic E-state index is 13.3. The van der Waals surface area contributed by atoms with E-state index in [1.54, 1.807) is 23.9 Å². The molecule has 2 aromatic carbocycles. The predicted molar refractivity (Wildman–Crippen MR) is 108 cm³/mol. The van der Waals surface area contributed by atoms with Crippen molar-refractivity contribution in [2.24, 2.45) is 0 Å². The summed E-state index contributed by atoms with van der Waals surface area (Å²) >= 11 is 3.45. The molecule has 4 rings (SSSR count). The fourth-order valence-corrected chi connectivity index (χ4v) is 3.46. The topological polar surface area (TPSA) is 94.0 Å². The van der Waals surface area contributed by atoms with Gasteiger partial charge in [-0.25, -0.2) is 0 Å². The van der Waals surface area contributed by atoms with E-state index < -0.39 is 6.04 Å². The van der Waals surface area contributed by atoms with Crippen LogP contribution in [0.2, 0.25) is 0 Å². The minimum absolute atomic E-state index is 0.261. The van der Waals surface area contributed by atoms with E-state index in [-0.39, 0.29) is 5.91 Å². The summed E-state index contributed by atoms with van der Waals surface area (Å²) in [6.07, 6.45) is 0. The van der Waals surface area contributed by atoms with Gasteiger partial charge in [0.25, 0.3) is 5.91 Å². The second-order valence-corrected chi connectivity index (χ2v) is 7.13. The zero-order chi connectivity index (χ0) is 19.7. The molecular formula is C19H17BrN6O2. The highest BCUT2D eigenvalue weighted by molar-refractivity contribution is 9.10. The van der Waals surface area contributed by atoms with Crippen molar-refractivity contribution < 1.29 is 9.53 Å². The Kier molecular flexibility index (Phi) is 4.82. The molecule has 0 bridgehead atoms. The van der Waals surface area contributed by atoms with Gasteiger partial charge in [-0.1, -0.05) is 45.3 Å². The van der Waals surface area contributed by atoms with Gasteiger partial charge in [-0.05, 0) is 47.2 Å². The number of allylic oxidation sites excluding steroid dienone is 1. The average molecular weight is 441 g/mol. The molecule has 142 valence electrons. The number of halogens is 1. The normalized spacial score (nSPS) is 15.6. The molecule has 9 heteroatoms. The number of nitrogens with zero attached hydrogens (tertiary/aromatic N) is 4. The highest BCUT2D eigenvalue weighted by Crippen LogP contribution is 2.36. The minimum atomic E-state index is -0.464. The smallest absolute Gasteiger partial charge is 0.255 e. The van der Waals surface area contributed by atoms with Crippen LogP contribution in [0.1, 0.15) is 18.5 Å². The van der Waals surface area contributed by atoms with Crippen LogP contribution in [-0.2, 0) is 4.79 Å². The maximum Gasteiger partial charge on any atom is 0.255 e. The highest BCUT2D eigenvalue weighted by Gasteiger charge is 2.34. The Balaban J connectivity index is 1.76. The van der Waals surface area contributed by atoms with Gasteiger partial charge in [0.15, 0.2) is 0 Å². The van der Waals surface area contributed by atoms with Crippen LogP contribution in [0.15, 0.2) is 64.3 Å². The fraction of sp³-hybridized carbons (Fsp3) is 0.158. The lowest BCUT2D eigenvalue weighted by atomic mass is 9.95. The first-order valence-corrected chi connectivity index (χ1v) is 9.33. The maximum atomic E-state index is 13.3. The molecule has 0 saturated carbocycles. The zero-order valence-corrected chi connectivity index (χ0v) is 16.8. The van der Waals surface area contributed by atoms with Gasteiger partial charge in [-0.2, -0.15) is 4.68 Å². The number of carbonyl (C=O) groups is 1. The number of ether oxygens (including phenoxy) is 1. The van der Waals surface area contributed by atoms with Gasteiger partial charge in [0.05, 0.1) is 18.4 Å². The summed E-state index contributed by atoms with van der Waals surface area (Å²) in [4.78, 5) is 13.3. The van der Waals surface area contributed by atoms with E-state index >= 15 is 0 Å². The van der Waals surface area contributed by atoms with Gasteiger partial charge in [0.2, 0.25) is 5.95 Å². The largest absolute Gasteiger partial charge is 0.495 e. The molecule has 28 heavy (non-hydrogen) atoms. The third kappa shape index (κ3) is 3.24. The standard InChI is InChI=1S/C19H17BrN6O2/c1-11-16(18(27)22-14-5-3-4-6-15(14)28-2)17(12-7-9-13(20)10-8-12)26-19(21-11)23-24-25-26/h3-10,17H,1-2H3,(H,22,27)(H,21,23,25)/t17-/m1/s1. The first-order valence-electron chi connectivity index (χ1n) is 8.54. The summed E-state index contributed by atoms with van der Waals surface area (Å²) in [6, 6.07) is 14.5. The summed E-state index contributed by atoms with van der Waals surface area (Å²) in [5.41, 5.74) is 2.69. The van der Waals surface area contributed by atoms with Crippen molar-refractivity contribution in [1.29, 1.82) is 0 Å². The number of fused-ring (bicyclic) bond motifs is 1. The molecule has 0 spiro atoms. The van der Waals surface area contributed by atoms with Crippen LogP contribution in [0.3, 0.4) is 0 Å². The third-order valence-corrected chi connectivity index (χ3v) is 5.03. The Bertz CT molecular complexity index is 1060. The van der Waals surface area contributed by atoms with Gasteiger partial charge in [-0.15, -0.1) is 0 Å². The van der Waals surface area contributed by atoms with Gasteiger partial charge >= 0.3 is 0 Å². The monoisotopic (exact) mass is 440 g/mol. The molecule has 0 unspecified atom stereocenters. The number of carbonyl (C=O) groups excluding carboxylic acids is 1. The van der Waals surface area contributed by atoms with Crippen molar-refractivity contribution in [3.63, 3.8) is 0 Å². The first kappa shape index (κ1) is 18.2. The van der Waals surface area contributed by atoms with Crippen LogP contribution in [-0.4, -0.2) is 33.2 Å². The third-order valence-electron chi connectivity index (χ3n) is 4.50. The summed E-state index contributed by atoms with van der Waals surface area (Å²) in [6.45, 7) is 1.83. The molecule has 1 aliphatic rings. The molecule has 1 aliphatic heterocycles. The fourth-order valence-electron chi connectivity index (χ4n) is 3.20. The lowest BCUT2D eigenvalue weighted by Crippen LogP contribution is -2.31. The number of hydrogen-bond donors (Lipinski definition) is 2. The lowest BCUT2D eigenvalue weighted by Gasteiger charge is -2.28. The number of rotatable bonds is 4. The van der Waals surface area contributed by atoms with E-state index in [0.29, 0.717) is 28.7 Å². The molecular weight excluding hydrogens is 424 g/mol. The number of amides is 1. The number of anilines is 2. The van der Waals surface area contributed by atoms with E-state index in [2.05, 4.69) is 42.1 Å². The van der Waals surface area contributed by atoms with Crippen molar-refractivity contribution in [3.05, 3.63) is 69.8 Å². The van der Waals surface area contributed by atoms with Gasteiger partial charge in [0, 0.05) is 10.2 Å². The summed E-state index contributed by atoms with van der Waals surface area (Å²) in [7, 11) is 1.57. The Morgan fingerprint density at radius 2 is 1.96 bits per heavy atom.